The zero-order valence-corrected chi connectivity index (χ0v) is 9.28. The lowest BCUT2D eigenvalue weighted by Gasteiger charge is -2.15. The molecule has 0 bridgehead atoms. The third kappa shape index (κ3) is 4.60. The molecule has 1 aromatic heterocycles. The zero-order chi connectivity index (χ0) is 9.90. The lowest BCUT2D eigenvalue weighted by molar-refractivity contribution is 0.107. The molecule has 0 atom stereocenters. The van der Waals surface area contributed by atoms with Crippen molar-refractivity contribution in [3.8, 4) is 0 Å². The van der Waals surface area contributed by atoms with Gasteiger partial charge in [0, 0.05) is 5.75 Å². The van der Waals surface area contributed by atoms with Gasteiger partial charge in [0.15, 0.2) is 5.22 Å². The second kappa shape index (κ2) is 4.40. The first-order valence-corrected chi connectivity index (χ1v) is 5.55. The zero-order valence-electron chi connectivity index (χ0n) is 7.71. The van der Waals surface area contributed by atoms with E-state index < -0.39 is 5.60 Å². The largest absolute Gasteiger partial charge is 0.449 e. The number of rotatable bonds is 4. The molecule has 0 radical (unpaired) electrons. The van der Waals surface area contributed by atoms with Crippen LogP contribution in [0.5, 0.6) is 0 Å². The molecule has 13 heavy (non-hydrogen) atoms. The first kappa shape index (κ1) is 11.0. The second-order valence-electron chi connectivity index (χ2n) is 3.51. The van der Waals surface area contributed by atoms with E-state index >= 15 is 0 Å². The normalized spacial score (nSPS) is 12.0. The molecule has 0 amide bonds. The Morgan fingerprint density at radius 1 is 1.54 bits per heavy atom. The maximum Gasteiger partial charge on any atom is 0.193 e. The highest BCUT2D eigenvalue weighted by molar-refractivity contribution is 7.98. The Morgan fingerprint density at radius 2 is 2.23 bits per heavy atom. The van der Waals surface area contributed by atoms with Crippen molar-refractivity contribution >= 4 is 23.4 Å². The van der Waals surface area contributed by atoms with Crippen molar-refractivity contribution in [2.75, 3.05) is 5.75 Å². The summed E-state index contributed by atoms with van der Waals surface area (Å²) in [5.74, 6) is 2.28. The Labute approximate surface area is 87.3 Å². The van der Waals surface area contributed by atoms with Crippen LogP contribution in [0.1, 0.15) is 19.6 Å². The minimum Gasteiger partial charge on any atom is -0.449 e. The molecule has 0 spiro atoms. The molecule has 0 fully saturated rings. The van der Waals surface area contributed by atoms with E-state index in [2.05, 4.69) is 0 Å². The number of hydrogen-bond donors (Lipinski definition) is 1. The van der Waals surface area contributed by atoms with Gasteiger partial charge >= 0.3 is 0 Å². The average Bonchev–Trinajstić information content (AvgIpc) is 2.33. The lowest BCUT2D eigenvalue weighted by atomic mass is 10.2. The smallest absolute Gasteiger partial charge is 0.193 e. The molecule has 0 aliphatic rings. The highest BCUT2D eigenvalue weighted by Crippen LogP contribution is 2.21. The van der Waals surface area contributed by atoms with Crippen molar-refractivity contribution in [1.82, 2.24) is 0 Å². The van der Waals surface area contributed by atoms with Crippen LogP contribution in [0.25, 0.3) is 0 Å². The van der Waals surface area contributed by atoms with Gasteiger partial charge in [0.2, 0.25) is 0 Å². The van der Waals surface area contributed by atoms with Crippen LogP contribution in [-0.4, -0.2) is 16.5 Å². The van der Waals surface area contributed by atoms with Crippen LogP contribution in [0.15, 0.2) is 16.5 Å². The van der Waals surface area contributed by atoms with Crippen molar-refractivity contribution in [1.29, 1.82) is 0 Å². The van der Waals surface area contributed by atoms with E-state index in [0.717, 1.165) is 11.5 Å². The van der Waals surface area contributed by atoms with Gasteiger partial charge in [0.05, 0.1) is 11.4 Å². The molecule has 4 heteroatoms. The minimum atomic E-state index is -0.624. The highest BCUT2D eigenvalue weighted by atomic mass is 35.5. The van der Waals surface area contributed by atoms with Crippen LogP contribution in [0, 0.1) is 0 Å². The van der Waals surface area contributed by atoms with Crippen molar-refractivity contribution in [3.63, 3.8) is 0 Å². The van der Waals surface area contributed by atoms with E-state index in [1.807, 2.05) is 6.07 Å². The Morgan fingerprint density at radius 3 is 2.69 bits per heavy atom. The fourth-order valence-corrected chi connectivity index (χ4v) is 1.95. The molecular formula is C9H13ClO2S. The van der Waals surface area contributed by atoms with Crippen molar-refractivity contribution < 1.29 is 9.52 Å². The number of aliphatic hydroxyl groups is 1. The van der Waals surface area contributed by atoms with Crippen molar-refractivity contribution in [3.05, 3.63) is 23.1 Å². The molecule has 74 valence electrons. The average molecular weight is 221 g/mol. The molecule has 1 N–H and O–H groups in total. The lowest BCUT2D eigenvalue weighted by Crippen LogP contribution is -2.21. The van der Waals surface area contributed by atoms with Crippen LogP contribution >= 0.6 is 23.4 Å². The Balaban J connectivity index is 2.28. The summed E-state index contributed by atoms with van der Waals surface area (Å²) in [4.78, 5) is 0. The van der Waals surface area contributed by atoms with Crippen molar-refractivity contribution in [2.24, 2.45) is 0 Å². The molecule has 0 aromatic carbocycles. The standard InChI is InChI=1S/C9H13ClO2S/c1-9(2,11)6-13-5-7-3-4-8(10)12-7/h3-4,11H,5-6H2,1-2H3. The third-order valence-corrected chi connectivity index (χ3v) is 2.93. The van der Waals surface area contributed by atoms with Gasteiger partial charge in [-0.2, -0.15) is 11.8 Å². The fourth-order valence-electron chi connectivity index (χ4n) is 0.831. The van der Waals surface area contributed by atoms with E-state index in [4.69, 9.17) is 16.0 Å². The van der Waals surface area contributed by atoms with Gasteiger partial charge in [-0.05, 0) is 37.6 Å². The molecule has 1 aromatic rings. The van der Waals surface area contributed by atoms with E-state index in [1.165, 1.54) is 0 Å². The number of furan rings is 1. The molecule has 1 rings (SSSR count). The minimum absolute atomic E-state index is 0.416. The Bertz CT molecular complexity index is 265. The van der Waals surface area contributed by atoms with E-state index in [-0.39, 0.29) is 0 Å². The van der Waals surface area contributed by atoms with E-state index in [1.54, 1.807) is 31.7 Å². The van der Waals surface area contributed by atoms with Gasteiger partial charge in [-0.3, -0.25) is 0 Å². The van der Waals surface area contributed by atoms with Crippen LogP contribution in [0.4, 0.5) is 0 Å². The molecular weight excluding hydrogens is 208 g/mol. The van der Waals surface area contributed by atoms with E-state index in [9.17, 15) is 5.11 Å². The summed E-state index contributed by atoms with van der Waals surface area (Å²) < 4.78 is 5.16. The van der Waals surface area contributed by atoms with Gasteiger partial charge in [-0.1, -0.05) is 0 Å². The number of thioether (sulfide) groups is 1. The van der Waals surface area contributed by atoms with Gasteiger partial charge < -0.3 is 9.52 Å². The fraction of sp³-hybridized carbons (Fsp3) is 0.556. The topological polar surface area (TPSA) is 33.4 Å². The monoisotopic (exact) mass is 220 g/mol. The number of halogens is 1. The summed E-state index contributed by atoms with van der Waals surface area (Å²) in [6.07, 6.45) is 0. The van der Waals surface area contributed by atoms with Gasteiger partial charge in [-0.15, -0.1) is 0 Å². The van der Waals surface area contributed by atoms with Gasteiger partial charge in [0.25, 0.3) is 0 Å². The van der Waals surface area contributed by atoms with Crippen LogP contribution < -0.4 is 0 Å². The summed E-state index contributed by atoms with van der Waals surface area (Å²) in [6.45, 7) is 3.57. The molecule has 1 heterocycles. The van der Waals surface area contributed by atoms with Gasteiger partial charge in [0.1, 0.15) is 5.76 Å². The Kier molecular flexibility index (Phi) is 3.71. The Hall–Kier alpha value is -0.120. The molecule has 0 saturated carbocycles. The maximum absolute atomic E-state index is 9.42. The van der Waals surface area contributed by atoms with Crippen LogP contribution in [0.3, 0.4) is 0 Å². The molecule has 2 nitrogen and oxygen atoms in total. The summed E-state index contributed by atoms with van der Waals surface area (Å²) in [5, 5.41) is 9.84. The first-order chi connectivity index (χ1) is 5.97. The number of hydrogen-bond acceptors (Lipinski definition) is 3. The second-order valence-corrected chi connectivity index (χ2v) is 4.87. The summed E-state index contributed by atoms with van der Waals surface area (Å²) in [7, 11) is 0. The van der Waals surface area contributed by atoms with Gasteiger partial charge in [-0.25, -0.2) is 0 Å². The third-order valence-electron chi connectivity index (χ3n) is 1.33. The SMILES string of the molecule is CC(C)(O)CSCc1ccc(Cl)o1. The quantitative estimate of drug-likeness (QED) is 0.847. The summed E-state index contributed by atoms with van der Waals surface area (Å²) in [5.41, 5.74) is -0.624. The molecule has 0 saturated heterocycles. The molecule has 0 aliphatic carbocycles. The predicted octanol–water partition coefficient (Wildman–Crippen LogP) is 2.94. The first-order valence-electron chi connectivity index (χ1n) is 4.02. The van der Waals surface area contributed by atoms with Crippen LogP contribution in [-0.2, 0) is 5.75 Å². The summed E-state index contributed by atoms with van der Waals surface area (Å²) in [6, 6.07) is 3.57. The highest BCUT2D eigenvalue weighted by Gasteiger charge is 2.12. The van der Waals surface area contributed by atoms with Crippen molar-refractivity contribution in [2.45, 2.75) is 25.2 Å². The maximum atomic E-state index is 9.42. The molecule has 0 aliphatic heterocycles. The van der Waals surface area contributed by atoms with E-state index in [0.29, 0.717) is 11.0 Å². The summed E-state index contributed by atoms with van der Waals surface area (Å²) >= 11 is 7.23. The molecule has 0 unspecified atom stereocenters. The predicted molar refractivity (Wildman–Crippen MR) is 56.2 cm³/mol. The van der Waals surface area contributed by atoms with Crippen LogP contribution in [0.2, 0.25) is 5.22 Å².